The van der Waals surface area contributed by atoms with Crippen molar-refractivity contribution < 1.29 is 33.3 Å². The summed E-state index contributed by atoms with van der Waals surface area (Å²) >= 11 is 0. The van der Waals surface area contributed by atoms with Gasteiger partial charge in [-0.15, -0.1) is 0 Å². The summed E-state index contributed by atoms with van der Waals surface area (Å²) in [6, 6.07) is 11.4. The summed E-state index contributed by atoms with van der Waals surface area (Å²) in [5.41, 5.74) is 5.78. The molecule has 0 aliphatic carbocycles. The van der Waals surface area contributed by atoms with E-state index in [-0.39, 0.29) is 31.4 Å². The third-order valence-corrected chi connectivity index (χ3v) is 8.69. The van der Waals surface area contributed by atoms with Crippen LogP contribution in [0.2, 0.25) is 0 Å². The molecule has 3 aromatic carbocycles. The first-order valence-corrected chi connectivity index (χ1v) is 15.4. The van der Waals surface area contributed by atoms with Crippen molar-refractivity contribution in [3.8, 4) is 17.2 Å². The van der Waals surface area contributed by atoms with Crippen LogP contribution in [0.15, 0.2) is 42.5 Å². The molecule has 5 rings (SSSR count). The Bertz CT molecular complexity index is 1530. The van der Waals surface area contributed by atoms with E-state index in [1.54, 1.807) is 23.1 Å². The number of anilines is 1. The third kappa shape index (κ3) is 6.11. The number of ether oxygens (including phenoxy) is 3. The maximum atomic E-state index is 15.8. The van der Waals surface area contributed by atoms with Gasteiger partial charge in [0.25, 0.3) is 0 Å². The van der Waals surface area contributed by atoms with Crippen molar-refractivity contribution in [1.29, 1.82) is 0 Å². The van der Waals surface area contributed by atoms with Gasteiger partial charge >= 0.3 is 5.97 Å². The minimum absolute atomic E-state index is 0.0950. The van der Waals surface area contributed by atoms with Crippen LogP contribution in [0.3, 0.4) is 0 Å². The summed E-state index contributed by atoms with van der Waals surface area (Å²) in [4.78, 5) is 28.5. The lowest BCUT2D eigenvalue weighted by Gasteiger charge is -2.28. The van der Waals surface area contributed by atoms with Crippen LogP contribution in [-0.2, 0) is 22.4 Å². The number of hydrogen-bond donors (Lipinski definition) is 2. The number of carbonyl (C=O) groups is 2. The second-order valence-corrected chi connectivity index (χ2v) is 11.6. The second kappa shape index (κ2) is 13.3. The van der Waals surface area contributed by atoms with Crippen LogP contribution in [0, 0.1) is 25.6 Å². The Morgan fingerprint density at radius 3 is 2.36 bits per heavy atom. The normalized spacial score (nSPS) is 19.3. The molecule has 0 saturated carbocycles. The van der Waals surface area contributed by atoms with Gasteiger partial charge in [-0.05, 0) is 67.5 Å². The molecule has 1 saturated heterocycles. The summed E-state index contributed by atoms with van der Waals surface area (Å²) < 4.78 is 32.7. The summed E-state index contributed by atoms with van der Waals surface area (Å²) in [5.74, 6) is -1.91. The Labute approximate surface area is 258 Å². The van der Waals surface area contributed by atoms with E-state index in [0.717, 1.165) is 52.8 Å². The van der Waals surface area contributed by atoms with Crippen LogP contribution in [0.5, 0.6) is 17.2 Å². The zero-order valence-electron chi connectivity index (χ0n) is 26.0. The highest BCUT2D eigenvalue weighted by atomic mass is 19.1. The molecule has 9 heteroatoms. The molecule has 0 radical (unpaired) electrons. The number of hydrogen-bond acceptors (Lipinski definition) is 6. The van der Waals surface area contributed by atoms with Crippen molar-refractivity contribution in [1.82, 2.24) is 4.90 Å². The van der Waals surface area contributed by atoms with Crippen LogP contribution in [0.25, 0.3) is 0 Å². The van der Waals surface area contributed by atoms with Crippen LogP contribution < -0.4 is 19.5 Å². The molecule has 1 fully saturated rings. The van der Waals surface area contributed by atoms with Gasteiger partial charge in [-0.1, -0.05) is 50.6 Å². The van der Waals surface area contributed by atoms with Gasteiger partial charge < -0.3 is 24.6 Å². The summed E-state index contributed by atoms with van der Waals surface area (Å²) in [6.45, 7) is 10.6. The number of halogens is 1. The smallest absolute Gasteiger partial charge is 0.309 e. The van der Waals surface area contributed by atoms with Gasteiger partial charge in [0, 0.05) is 29.8 Å². The lowest BCUT2D eigenvalue weighted by Crippen LogP contribution is -2.36. The lowest BCUT2D eigenvalue weighted by atomic mass is 9.81. The molecule has 2 N–H and O–H groups in total. The van der Waals surface area contributed by atoms with E-state index in [1.165, 1.54) is 6.07 Å². The van der Waals surface area contributed by atoms with Gasteiger partial charge in [0.1, 0.15) is 11.6 Å². The first-order valence-electron chi connectivity index (χ1n) is 15.4. The van der Waals surface area contributed by atoms with Crippen molar-refractivity contribution in [3.63, 3.8) is 0 Å². The Balaban J connectivity index is 1.53. The van der Waals surface area contributed by atoms with Crippen molar-refractivity contribution >= 4 is 17.6 Å². The van der Waals surface area contributed by atoms with Crippen LogP contribution in [-0.4, -0.2) is 48.4 Å². The van der Waals surface area contributed by atoms with Gasteiger partial charge in [0.05, 0.1) is 25.1 Å². The first kappa shape index (κ1) is 31.3. The molecule has 0 aromatic heterocycles. The van der Waals surface area contributed by atoms with E-state index in [2.05, 4.69) is 17.4 Å². The van der Waals surface area contributed by atoms with E-state index in [0.29, 0.717) is 23.9 Å². The standard InChI is InChI=1S/C35H41FN2O6/c1-6-13-42-24-9-10-26(28(36)16-24)33-31(35(40)41)27(25-11-12-29-34(21(25)5)44-19-43-29)17-38(33)18-30(39)37-32-22(7-2)14-20(4)15-23(32)8-3/h9-12,14-16,27,31,33H,6-8,13,17-19H2,1-5H3,(H,37,39)(H,40,41)/t27-,31?,33+/m1/s1. The van der Waals surface area contributed by atoms with E-state index < -0.39 is 29.7 Å². The van der Waals surface area contributed by atoms with Gasteiger partial charge in [0.15, 0.2) is 11.5 Å². The molecule has 1 unspecified atom stereocenters. The van der Waals surface area contributed by atoms with Crippen LogP contribution in [0.1, 0.15) is 72.5 Å². The number of benzene rings is 3. The number of likely N-dealkylation sites (tertiary alicyclic amines) is 1. The van der Waals surface area contributed by atoms with Gasteiger partial charge in [-0.25, -0.2) is 4.39 Å². The molecule has 44 heavy (non-hydrogen) atoms. The zero-order chi connectivity index (χ0) is 31.5. The highest BCUT2D eigenvalue weighted by Crippen LogP contribution is 2.50. The average Bonchev–Trinajstić information content (AvgIpc) is 3.62. The minimum Gasteiger partial charge on any atom is -0.494 e. The topological polar surface area (TPSA) is 97.3 Å². The fourth-order valence-electron chi connectivity index (χ4n) is 6.69. The predicted octanol–water partition coefficient (Wildman–Crippen LogP) is 6.56. The Morgan fingerprint density at radius 1 is 1.02 bits per heavy atom. The van der Waals surface area contributed by atoms with E-state index in [9.17, 15) is 14.7 Å². The number of amides is 1. The van der Waals surface area contributed by atoms with Crippen molar-refractivity contribution in [2.24, 2.45) is 5.92 Å². The van der Waals surface area contributed by atoms with Gasteiger partial charge in [0.2, 0.25) is 12.7 Å². The molecule has 0 bridgehead atoms. The fraction of sp³-hybridized carbons (Fsp3) is 0.429. The number of nitrogens with one attached hydrogen (secondary N) is 1. The number of carboxylic acids is 1. The molecule has 3 aromatic rings. The second-order valence-electron chi connectivity index (χ2n) is 11.6. The molecule has 8 nitrogen and oxygen atoms in total. The van der Waals surface area contributed by atoms with Crippen molar-refractivity contribution in [3.05, 3.63) is 81.7 Å². The number of aryl methyl sites for hydroxylation is 3. The largest absolute Gasteiger partial charge is 0.494 e. The Kier molecular flexibility index (Phi) is 9.44. The Hall–Kier alpha value is -4.11. The first-order chi connectivity index (χ1) is 21.2. The molecule has 0 spiro atoms. The quantitative estimate of drug-likeness (QED) is 0.256. The van der Waals surface area contributed by atoms with E-state index in [4.69, 9.17) is 14.2 Å². The van der Waals surface area contributed by atoms with Crippen molar-refractivity contribution in [2.75, 3.05) is 31.8 Å². The summed E-state index contributed by atoms with van der Waals surface area (Å²) in [5, 5.41) is 13.8. The third-order valence-electron chi connectivity index (χ3n) is 8.69. The molecular formula is C35H41FN2O6. The lowest BCUT2D eigenvalue weighted by molar-refractivity contribution is -0.143. The number of fused-ring (bicyclic) bond motifs is 1. The number of nitrogens with zero attached hydrogens (tertiary/aromatic N) is 1. The monoisotopic (exact) mass is 604 g/mol. The molecule has 234 valence electrons. The molecule has 3 atom stereocenters. The van der Waals surface area contributed by atoms with Crippen molar-refractivity contribution in [2.45, 2.75) is 65.8 Å². The van der Waals surface area contributed by atoms with Gasteiger partial charge in [-0.2, -0.15) is 0 Å². The highest BCUT2D eigenvalue weighted by Gasteiger charge is 2.49. The van der Waals surface area contributed by atoms with E-state index in [1.807, 2.05) is 40.7 Å². The highest BCUT2D eigenvalue weighted by molar-refractivity contribution is 5.94. The number of aliphatic carboxylic acids is 1. The predicted molar refractivity (Wildman–Crippen MR) is 166 cm³/mol. The molecule has 1 amide bonds. The van der Waals surface area contributed by atoms with E-state index >= 15 is 4.39 Å². The van der Waals surface area contributed by atoms with Crippen LogP contribution in [0.4, 0.5) is 10.1 Å². The maximum absolute atomic E-state index is 15.8. The molecular weight excluding hydrogens is 563 g/mol. The van der Waals surface area contributed by atoms with Gasteiger partial charge in [-0.3, -0.25) is 14.5 Å². The molecule has 2 heterocycles. The average molecular weight is 605 g/mol. The molecule has 2 aliphatic rings. The summed E-state index contributed by atoms with van der Waals surface area (Å²) in [7, 11) is 0. The maximum Gasteiger partial charge on any atom is 0.309 e. The number of carboxylic acid groups (broad SMARTS) is 1. The minimum atomic E-state index is -1.06. The van der Waals surface area contributed by atoms with Crippen LogP contribution >= 0.6 is 0 Å². The fourth-order valence-corrected chi connectivity index (χ4v) is 6.69. The Morgan fingerprint density at radius 2 is 1.73 bits per heavy atom. The number of rotatable bonds is 11. The zero-order valence-corrected chi connectivity index (χ0v) is 26.0. The number of carbonyl (C=O) groups excluding carboxylic acids is 1. The SMILES string of the molecule is CCCOc1ccc([C@H]2C(C(=O)O)[C@@H](c3ccc4c(c3C)OCO4)CN2CC(=O)Nc2c(CC)cc(C)cc2CC)c(F)c1. The molecule has 2 aliphatic heterocycles. The summed E-state index contributed by atoms with van der Waals surface area (Å²) in [6.07, 6.45) is 2.27.